The summed E-state index contributed by atoms with van der Waals surface area (Å²) in [6.45, 7) is 14.8. The normalized spacial score (nSPS) is 33.5. The number of halogens is 1. The van der Waals surface area contributed by atoms with Gasteiger partial charge in [0.2, 0.25) is 0 Å². The van der Waals surface area contributed by atoms with Crippen LogP contribution >= 0.6 is 0 Å². The summed E-state index contributed by atoms with van der Waals surface area (Å²) in [5.74, 6) is -1.26. The van der Waals surface area contributed by atoms with E-state index in [-0.39, 0.29) is 0 Å². The number of fused-ring (bicyclic) bond motifs is 2. The molecule has 7 nitrogen and oxygen atoms in total. The van der Waals surface area contributed by atoms with Gasteiger partial charge in [-0.25, -0.2) is 20.5 Å². The van der Waals surface area contributed by atoms with Gasteiger partial charge >= 0.3 is 5.72 Å². The van der Waals surface area contributed by atoms with E-state index in [1.807, 2.05) is 6.92 Å². The SMILES string of the molecule is [C-]#[N+][C@]1(CC)O[C@@H](c2cc(F)c3c(C)ncnn23)[C@@H]2OC(C)(C)O[C@@H]21. The first kappa shape index (κ1) is 16.4. The van der Waals surface area contributed by atoms with Gasteiger partial charge in [-0.1, -0.05) is 6.92 Å². The maximum Gasteiger partial charge on any atom is 0.366 e. The molecular formula is C17H19FN4O3. The number of hydrogen-bond acceptors (Lipinski definition) is 5. The molecule has 0 aromatic carbocycles. The Balaban J connectivity index is 1.87. The summed E-state index contributed by atoms with van der Waals surface area (Å²) in [6.07, 6.45) is 0.0821. The Kier molecular flexibility index (Phi) is 3.41. The largest absolute Gasteiger partial charge is 0.366 e. The predicted molar refractivity (Wildman–Crippen MR) is 85.0 cm³/mol. The van der Waals surface area contributed by atoms with Crippen molar-refractivity contribution in [2.24, 2.45) is 0 Å². The van der Waals surface area contributed by atoms with Crippen molar-refractivity contribution < 1.29 is 18.6 Å². The highest BCUT2D eigenvalue weighted by Crippen LogP contribution is 2.51. The van der Waals surface area contributed by atoms with Gasteiger partial charge in [-0.2, -0.15) is 5.10 Å². The van der Waals surface area contributed by atoms with E-state index in [0.29, 0.717) is 23.3 Å². The molecule has 25 heavy (non-hydrogen) atoms. The van der Waals surface area contributed by atoms with Gasteiger partial charge in [0, 0.05) is 6.07 Å². The van der Waals surface area contributed by atoms with E-state index in [1.165, 1.54) is 16.9 Å². The molecule has 0 N–H and O–H groups in total. The van der Waals surface area contributed by atoms with Crippen molar-refractivity contribution in [2.45, 2.75) is 63.9 Å². The number of nitrogens with zero attached hydrogens (tertiary/aromatic N) is 4. The van der Waals surface area contributed by atoms with Gasteiger partial charge in [-0.3, -0.25) is 9.58 Å². The van der Waals surface area contributed by atoms with Crippen LogP contribution in [0.2, 0.25) is 0 Å². The van der Waals surface area contributed by atoms with Crippen LogP contribution in [-0.4, -0.2) is 38.3 Å². The fourth-order valence-electron chi connectivity index (χ4n) is 3.76. The molecule has 132 valence electrons. The van der Waals surface area contributed by atoms with Crippen LogP contribution in [0.5, 0.6) is 0 Å². The Hall–Kier alpha value is -2.08. The zero-order chi connectivity index (χ0) is 18.0. The van der Waals surface area contributed by atoms with Gasteiger partial charge in [-0.15, -0.1) is 0 Å². The van der Waals surface area contributed by atoms with Crippen LogP contribution < -0.4 is 0 Å². The van der Waals surface area contributed by atoms with Crippen molar-refractivity contribution in [3.63, 3.8) is 0 Å². The second-order valence-corrected chi connectivity index (χ2v) is 6.89. The highest BCUT2D eigenvalue weighted by Gasteiger charge is 2.68. The van der Waals surface area contributed by atoms with Crippen LogP contribution in [0, 0.1) is 19.3 Å². The van der Waals surface area contributed by atoms with Gasteiger partial charge in [-0.05, 0) is 20.8 Å². The van der Waals surface area contributed by atoms with Gasteiger partial charge in [0.05, 0.1) is 17.8 Å². The molecule has 2 saturated heterocycles. The molecule has 2 aromatic heterocycles. The first-order chi connectivity index (χ1) is 11.8. The zero-order valence-electron chi connectivity index (χ0n) is 14.5. The molecule has 4 atom stereocenters. The predicted octanol–water partition coefficient (Wildman–Crippen LogP) is 2.79. The Labute approximate surface area is 144 Å². The molecule has 2 fully saturated rings. The van der Waals surface area contributed by atoms with Crippen molar-refractivity contribution in [1.82, 2.24) is 14.6 Å². The quantitative estimate of drug-likeness (QED) is 0.783. The zero-order valence-corrected chi connectivity index (χ0v) is 14.5. The standard InChI is InChI=1S/C17H19FN4O3/c1-6-17(19-5)15-14(23-16(3,4)25-15)13(24-17)11-7-10(18)12-9(2)20-8-21-22(11)12/h7-8,13-15H,6H2,1-4H3/t13-,14-,15-,17+/m0/s1. The number of hydrogen-bond donors (Lipinski definition) is 0. The molecule has 0 bridgehead atoms. The van der Waals surface area contributed by atoms with Gasteiger partial charge in [0.1, 0.15) is 24.1 Å². The molecule has 0 unspecified atom stereocenters. The molecule has 0 saturated carbocycles. The van der Waals surface area contributed by atoms with Crippen molar-refractivity contribution in [1.29, 1.82) is 0 Å². The van der Waals surface area contributed by atoms with Gasteiger partial charge in [0.25, 0.3) is 0 Å². The third-order valence-corrected chi connectivity index (χ3v) is 4.91. The summed E-state index contributed by atoms with van der Waals surface area (Å²) in [7, 11) is 0. The molecule has 0 amide bonds. The smallest absolute Gasteiger partial charge is 0.341 e. The van der Waals surface area contributed by atoms with E-state index in [0.717, 1.165) is 0 Å². The molecule has 8 heteroatoms. The third kappa shape index (κ3) is 2.20. The van der Waals surface area contributed by atoms with Crippen LogP contribution in [0.15, 0.2) is 12.4 Å². The molecule has 2 aliphatic rings. The molecule has 2 aromatic rings. The minimum atomic E-state index is -1.16. The van der Waals surface area contributed by atoms with E-state index in [4.69, 9.17) is 20.8 Å². The lowest BCUT2D eigenvalue weighted by molar-refractivity contribution is -0.202. The minimum Gasteiger partial charge on any atom is -0.341 e. The van der Waals surface area contributed by atoms with Gasteiger partial charge in [0.15, 0.2) is 17.7 Å². The second-order valence-electron chi connectivity index (χ2n) is 6.89. The first-order valence-corrected chi connectivity index (χ1v) is 8.22. The van der Waals surface area contributed by atoms with Crippen LogP contribution in [0.4, 0.5) is 4.39 Å². The van der Waals surface area contributed by atoms with Gasteiger partial charge < -0.3 is 9.47 Å². The summed E-state index contributed by atoms with van der Waals surface area (Å²) in [4.78, 5) is 7.75. The average molecular weight is 346 g/mol. The summed E-state index contributed by atoms with van der Waals surface area (Å²) in [5, 5.41) is 4.17. The van der Waals surface area contributed by atoms with Crippen LogP contribution in [-0.2, 0) is 14.2 Å². The lowest BCUT2D eigenvalue weighted by atomic mass is 10.00. The van der Waals surface area contributed by atoms with E-state index >= 15 is 0 Å². The molecule has 0 aliphatic carbocycles. The minimum absolute atomic E-state index is 0.299. The van der Waals surface area contributed by atoms with E-state index in [9.17, 15) is 4.39 Å². The number of ether oxygens (including phenoxy) is 3. The maximum atomic E-state index is 14.5. The Bertz CT molecular complexity index is 890. The Morgan fingerprint density at radius 2 is 2.12 bits per heavy atom. The third-order valence-electron chi connectivity index (χ3n) is 4.91. The number of aromatic nitrogens is 3. The Morgan fingerprint density at radius 3 is 2.80 bits per heavy atom. The van der Waals surface area contributed by atoms with Crippen molar-refractivity contribution in [2.75, 3.05) is 0 Å². The second kappa shape index (κ2) is 5.21. The molecule has 2 aliphatic heterocycles. The maximum absolute atomic E-state index is 14.5. The molecule has 4 heterocycles. The van der Waals surface area contributed by atoms with Crippen LogP contribution in [0.25, 0.3) is 10.4 Å². The lowest BCUT2D eigenvalue weighted by Gasteiger charge is -2.25. The molecule has 4 rings (SSSR count). The highest BCUT2D eigenvalue weighted by atomic mass is 19.1. The summed E-state index contributed by atoms with van der Waals surface area (Å²) in [5.41, 5.74) is 0.163. The first-order valence-electron chi connectivity index (χ1n) is 8.22. The summed E-state index contributed by atoms with van der Waals surface area (Å²) >= 11 is 0. The lowest BCUT2D eigenvalue weighted by Crippen LogP contribution is -2.39. The van der Waals surface area contributed by atoms with Crippen molar-refractivity contribution in [3.8, 4) is 0 Å². The number of rotatable bonds is 2. The van der Waals surface area contributed by atoms with Crippen LogP contribution in [0.3, 0.4) is 0 Å². The fraction of sp³-hybridized carbons (Fsp3) is 0.588. The average Bonchev–Trinajstić information content (AvgIpc) is 3.16. The number of aryl methyl sites for hydroxylation is 1. The summed E-state index contributed by atoms with van der Waals surface area (Å²) < 4.78 is 34.0. The molecule has 0 radical (unpaired) electrons. The van der Waals surface area contributed by atoms with Crippen molar-refractivity contribution in [3.05, 3.63) is 41.0 Å². The van der Waals surface area contributed by atoms with Crippen LogP contribution in [0.1, 0.15) is 44.7 Å². The van der Waals surface area contributed by atoms with E-state index < -0.39 is 35.6 Å². The molecule has 0 spiro atoms. The van der Waals surface area contributed by atoms with E-state index in [1.54, 1.807) is 20.8 Å². The monoisotopic (exact) mass is 346 g/mol. The topological polar surface area (TPSA) is 62.2 Å². The fourth-order valence-corrected chi connectivity index (χ4v) is 3.76. The van der Waals surface area contributed by atoms with E-state index in [2.05, 4.69) is 14.9 Å². The Morgan fingerprint density at radius 1 is 1.36 bits per heavy atom. The van der Waals surface area contributed by atoms with Crippen molar-refractivity contribution >= 4 is 5.52 Å². The highest BCUT2D eigenvalue weighted by molar-refractivity contribution is 5.54. The summed E-state index contributed by atoms with van der Waals surface area (Å²) in [6, 6.07) is 1.38. The molecular weight excluding hydrogens is 327 g/mol.